The number of thiocarbonyl (C=S) groups is 1. The summed E-state index contributed by atoms with van der Waals surface area (Å²) in [6.07, 6.45) is 7.30. The summed E-state index contributed by atoms with van der Waals surface area (Å²) in [4.78, 5) is 26.0. The van der Waals surface area contributed by atoms with E-state index in [9.17, 15) is 9.59 Å². The molecule has 3 rings (SSSR count). The van der Waals surface area contributed by atoms with E-state index < -0.39 is 12.6 Å². The van der Waals surface area contributed by atoms with Gasteiger partial charge in [-0.3, -0.25) is 9.69 Å². The van der Waals surface area contributed by atoms with Crippen molar-refractivity contribution in [3.8, 4) is 11.5 Å². The fraction of sp³-hybridized carbons (Fsp3) is 0.450. The molecule has 0 unspecified atom stereocenters. The first-order chi connectivity index (χ1) is 13.5. The molecule has 8 heteroatoms. The fourth-order valence-electron chi connectivity index (χ4n) is 3.43. The Kier molecular flexibility index (Phi) is 6.96. The maximum atomic E-state index is 12.9. The highest BCUT2D eigenvalue weighted by Crippen LogP contribution is 2.38. The summed E-state index contributed by atoms with van der Waals surface area (Å²) in [5.41, 5.74) is 0.773. The number of hydrogen-bond acceptors (Lipinski definition) is 6. The zero-order chi connectivity index (χ0) is 20.1. The van der Waals surface area contributed by atoms with Gasteiger partial charge in [0.15, 0.2) is 18.1 Å². The second-order valence-electron chi connectivity index (χ2n) is 6.67. The molecule has 0 radical (unpaired) electrons. The average molecular weight is 422 g/mol. The zero-order valence-electron chi connectivity index (χ0n) is 15.7. The lowest BCUT2D eigenvalue weighted by Crippen LogP contribution is -2.39. The van der Waals surface area contributed by atoms with Crippen molar-refractivity contribution in [2.75, 3.05) is 13.2 Å². The van der Waals surface area contributed by atoms with Gasteiger partial charge in [0.05, 0.1) is 11.5 Å². The molecule has 0 atom stereocenters. The Morgan fingerprint density at radius 3 is 2.71 bits per heavy atom. The molecule has 1 amide bonds. The van der Waals surface area contributed by atoms with E-state index in [4.69, 9.17) is 26.8 Å². The van der Waals surface area contributed by atoms with Crippen LogP contribution in [-0.4, -0.2) is 45.5 Å². The predicted octanol–water partition coefficient (Wildman–Crippen LogP) is 4.08. The molecule has 1 saturated carbocycles. The third-order valence-electron chi connectivity index (χ3n) is 4.68. The molecule has 1 aliphatic heterocycles. The minimum Gasteiger partial charge on any atom is -0.490 e. The molecule has 0 aromatic heterocycles. The van der Waals surface area contributed by atoms with Gasteiger partial charge in [-0.25, -0.2) is 4.79 Å². The maximum Gasteiger partial charge on any atom is 0.341 e. The molecule has 0 bridgehead atoms. The summed E-state index contributed by atoms with van der Waals surface area (Å²) in [6.45, 7) is 1.80. The number of amides is 1. The number of carbonyl (C=O) groups is 2. The number of rotatable bonds is 7. The first-order valence-corrected chi connectivity index (χ1v) is 10.6. The molecule has 1 N–H and O–H groups in total. The van der Waals surface area contributed by atoms with E-state index in [2.05, 4.69) is 0 Å². The lowest BCUT2D eigenvalue weighted by Gasteiger charge is -2.29. The first-order valence-electron chi connectivity index (χ1n) is 9.38. The van der Waals surface area contributed by atoms with Gasteiger partial charge in [-0.05, 0) is 43.5 Å². The molecule has 2 aliphatic rings. The van der Waals surface area contributed by atoms with E-state index >= 15 is 0 Å². The number of nitrogens with zero attached hydrogens (tertiary/aromatic N) is 1. The molecule has 1 heterocycles. The van der Waals surface area contributed by atoms with Crippen molar-refractivity contribution < 1.29 is 24.2 Å². The number of carboxylic acids is 1. The molecule has 1 aromatic rings. The minimum absolute atomic E-state index is 0.0361. The number of carboxylic acid groups (broad SMARTS) is 1. The lowest BCUT2D eigenvalue weighted by molar-refractivity contribution is -0.139. The molecule has 1 aromatic carbocycles. The number of hydrogen-bond donors (Lipinski definition) is 1. The van der Waals surface area contributed by atoms with Crippen LogP contribution in [0.4, 0.5) is 0 Å². The van der Waals surface area contributed by atoms with Gasteiger partial charge >= 0.3 is 5.97 Å². The van der Waals surface area contributed by atoms with E-state index in [0.717, 1.165) is 31.2 Å². The topological polar surface area (TPSA) is 76.1 Å². The van der Waals surface area contributed by atoms with E-state index in [1.165, 1.54) is 18.2 Å². The van der Waals surface area contributed by atoms with Gasteiger partial charge in [-0.1, -0.05) is 49.3 Å². The third kappa shape index (κ3) is 4.86. The molecule has 1 aliphatic carbocycles. The molecular formula is C20H23NO5S2. The summed E-state index contributed by atoms with van der Waals surface area (Å²) < 4.78 is 11.4. The SMILES string of the molecule is CCOc1cc(/C=C2\SC(=S)N(C3CCCCC3)C2=O)ccc1OCC(=O)O. The van der Waals surface area contributed by atoms with Crippen molar-refractivity contribution in [2.24, 2.45) is 0 Å². The Labute approximate surface area is 173 Å². The average Bonchev–Trinajstić information content (AvgIpc) is 2.95. The van der Waals surface area contributed by atoms with Crippen LogP contribution in [0.25, 0.3) is 6.08 Å². The molecule has 1 saturated heterocycles. The Balaban J connectivity index is 1.80. The van der Waals surface area contributed by atoms with Crippen molar-refractivity contribution >= 4 is 46.3 Å². The zero-order valence-corrected chi connectivity index (χ0v) is 17.3. The van der Waals surface area contributed by atoms with Crippen LogP contribution in [0.1, 0.15) is 44.6 Å². The Bertz CT molecular complexity index is 802. The summed E-state index contributed by atoms with van der Waals surface area (Å²) in [5, 5.41) is 8.79. The van der Waals surface area contributed by atoms with E-state index in [1.54, 1.807) is 29.2 Å². The Morgan fingerprint density at radius 2 is 2.04 bits per heavy atom. The van der Waals surface area contributed by atoms with Crippen LogP contribution in [-0.2, 0) is 9.59 Å². The molecule has 2 fully saturated rings. The van der Waals surface area contributed by atoms with E-state index in [-0.39, 0.29) is 11.9 Å². The summed E-state index contributed by atoms with van der Waals surface area (Å²) in [5.74, 6) is -0.291. The largest absolute Gasteiger partial charge is 0.490 e. The fourth-order valence-corrected chi connectivity index (χ4v) is 4.83. The van der Waals surface area contributed by atoms with Crippen molar-refractivity contribution in [1.82, 2.24) is 4.90 Å². The van der Waals surface area contributed by atoms with Gasteiger partial charge in [0.25, 0.3) is 5.91 Å². The van der Waals surface area contributed by atoms with Crippen molar-refractivity contribution in [3.05, 3.63) is 28.7 Å². The van der Waals surface area contributed by atoms with Gasteiger partial charge in [-0.15, -0.1) is 0 Å². The monoisotopic (exact) mass is 421 g/mol. The van der Waals surface area contributed by atoms with Crippen molar-refractivity contribution in [3.63, 3.8) is 0 Å². The van der Waals surface area contributed by atoms with Gasteiger partial charge in [0, 0.05) is 6.04 Å². The van der Waals surface area contributed by atoms with Gasteiger partial charge in [-0.2, -0.15) is 0 Å². The normalized spacial score (nSPS) is 19.3. The molecule has 150 valence electrons. The molecule has 6 nitrogen and oxygen atoms in total. The van der Waals surface area contributed by atoms with Crippen molar-refractivity contribution in [1.29, 1.82) is 0 Å². The second-order valence-corrected chi connectivity index (χ2v) is 8.34. The number of carbonyl (C=O) groups excluding carboxylic acids is 1. The number of aliphatic carboxylic acids is 1. The standard InChI is InChI=1S/C20H23NO5S2/c1-2-25-16-10-13(8-9-15(16)26-12-18(22)23)11-17-19(24)21(20(27)28-17)14-6-4-3-5-7-14/h8-11,14H,2-7,12H2,1H3,(H,22,23)/b17-11-. The van der Waals surface area contributed by atoms with Crippen LogP contribution in [0.3, 0.4) is 0 Å². The van der Waals surface area contributed by atoms with Gasteiger partial charge < -0.3 is 14.6 Å². The van der Waals surface area contributed by atoms with Crippen LogP contribution in [0.2, 0.25) is 0 Å². The van der Waals surface area contributed by atoms with Crippen LogP contribution in [0, 0.1) is 0 Å². The molecule has 28 heavy (non-hydrogen) atoms. The van der Waals surface area contributed by atoms with Crippen LogP contribution in [0.15, 0.2) is 23.1 Å². The number of ether oxygens (including phenoxy) is 2. The number of benzene rings is 1. The Hall–Kier alpha value is -2.06. The second kappa shape index (κ2) is 9.43. The third-order valence-corrected chi connectivity index (χ3v) is 6.01. The van der Waals surface area contributed by atoms with E-state index in [1.807, 2.05) is 6.92 Å². The quantitative estimate of drug-likeness (QED) is 0.525. The van der Waals surface area contributed by atoms with Gasteiger partial charge in [0.2, 0.25) is 0 Å². The highest BCUT2D eigenvalue weighted by molar-refractivity contribution is 8.26. The molecule has 0 spiro atoms. The minimum atomic E-state index is -1.06. The maximum absolute atomic E-state index is 12.9. The van der Waals surface area contributed by atoms with Crippen LogP contribution < -0.4 is 9.47 Å². The summed E-state index contributed by atoms with van der Waals surface area (Å²) >= 11 is 6.79. The number of thioether (sulfide) groups is 1. The lowest BCUT2D eigenvalue weighted by atomic mass is 9.94. The highest BCUT2D eigenvalue weighted by atomic mass is 32.2. The van der Waals surface area contributed by atoms with Crippen molar-refractivity contribution in [2.45, 2.75) is 45.1 Å². The Morgan fingerprint density at radius 1 is 1.29 bits per heavy atom. The van der Waals surface area contributed by atoms with Gasteiger partial charge in [0.1, 0.15) is 4.32 Å². The summed E-state index contributed by atoms with van der Waals surface area (Å²) in [6, 6.07) is 5.38. The summed E-state index contributed by atoms with van der Waals surface area (Å²) in [7, 11) is 0. The highest BCUT2D eigenvalue weighted by Gasteiger charge is 2.37. The van der Waals surface area contributed by atoms with Crippen LogP contribution in [0.5, 0.6) is 11.5 Å². The van der Waals surface area contributed by atoms with Crippen LogP contribution >= 0.6 is 24.0 Å². The van der Waals surface area contributed by atoms with E-state index in [0.29, 0.717) is 27.3 Å². The predicted molar refractivity (Wildman–Crippen MR) is 113 cm³/mol. The molecular weight excluding hydrogens is 398 g/mol. The first kappa shape index (κ1) is 20.7. The smallest absolute Gasteiger partial charge is 0.341 e.